The Hall–Kier alpha value is -2.69. The van der Waals surface area contributed by atoms with Crippen molar-refractivity contribution in [1.29, 1.82) is 0 Å². The highest BCUT2D eigenvalue weighted by Crippen LogP contribution is 2.24. The average molecular weight is 532 g/mol. The SMILES string of the molecule is O=C(O)Cc1ccccc1CNC(=O)[C@@H]1CSSCCCCN[C@@H](Cc2ccc(O)cc2)CC(=O)N1. The second kappa shape index (κ2) is 14.8. The maximum Gasteiger partial charge on any atom is 0.307 e. The van der Waals surface area contributed by atoms with Crippen LogP contribution in [0, 0.1) is 0 Å². The second-order valence-corrected chi connectivity index (χ2v) is 11.3. The van der Waals surface area contributed by atoms with Crippen molar-refractivity contribution in [2.45, 2.75) is 50.7 Å². The fourth-order valence-corrected chi connectivity index (χ4v) is 6.24. The quantitative estimate of drug-likeness (QED) is 0.345. The van der Waals surface area contributed by atoms with Crippen LogP contribution in [-0.2, 0) is 33.8 Å². The number of nitrogens with one attached hydrogen (secondary N) is 3. The highest BCUT2D eigenvalue weighted by Gasteiger charge is 2.23. The summed E-state index contributed by atoms with van der Waals surface area (Å²) in [6, 6.07) is 13.3. The molecule has 0 spiro atoms. The molecule has 0 saturated carbocycles. The number of aromatic hydroxyl groups is 1. The summed E-state index contributed by atoms with van der Waals surface area (Å²) < 4.78 is 0. The number of aliphatic carboxylic acids is 1. The van der Waals surface area contributed by atoms with Gasteiger partial charge in [-0.2, -0.15) is 0 Å². The van der Waals surface area contributed by atoms with E-state index in [0.717, 1.165) is 36.3 Å². The van der Waals surface area contributed by atoms with E-state index in [9.17, 15) is 19.5 Å². The van der Waals surface area contributed by atoms with Crippen LogP contribution in [0.3, 0.4) is 0 Å². The standard InChI is InChI=1S/C26H33N3O5S2/c30-22-9-7-18(8-10-22)13-21-15-24(31)29-23(17-36-35-12-4-3-11-27-21)26(34)28-16-20-6-2-1-5-19(20)14-25(32)33/h1-2,5-10,21,23,27,30H,3-4,11-17H2,(H,28,34)(H,29,31)(H,32,33)/t21-,23-/m0/s1. The summed E-state index contributed by atoms with van der Waals surface area (Å²) in [5.74, 6) is 0.172. The van der Waals surface area contributed by atoms with Crippen LogP contribution in [0.4, 0.5) is 0 Å². The maximum absolute atomic E-state index is 13.0. The van der Waals surface area contributed by atoms with Crippen LogP contribution in [0.15, 0.2) is 48.5 Å². The number of hydrogen-bond acceptors (Lipinski definition) is 7. The Labute approximate surface area is 219 Å². The Morgan fingerprint density at radius 1 is 1.03 bits per heavy atom. The molecule has 8 nitrogen and oxygen atoms in total. The van der Waals surface area contributed by atoms with Gasteiger partial charge in [-0.25, -0.2) is 0 Å². The molecule has 0 bridgehead atoms. The molecule has 5 N–H and O–H groups in total. The van der Waals surface area contributed by atoms with Crippen molar-refractivity contribution < 1.29 is 24.6 Å². The molecule has 1 fully saturated rings. The van der Waals surface area contributed by atoms with Gasteiger partial charge < -0.3 is 26.2 Å². The molecule has 10 heteroatoms. The fourth-order valence-electron chi connectivity index (χ4n) is 3.93. The third-order valence-corrected chi connectivity index (χ3v) is 8.32. The van der Waals surface area contributed by atoms with Gasteiger partial charge >= 0.3 is 5.97 Å². The molecule has 36 heavy (non-hydrogen) atoms. The molecule has 1 heterocycles. The van der Waals surface area contributed by atoms with E-state index >= 15 is 0 Å². The number of rotatable bonds is 7. The van der Waals surface area contributed by atoms with Crippen molar-refractivity contribution in [2.24, 2.45) is 0 Å². The number of phenolic OH excluding ortho intramolecular Hbond substituents is 1. The number of carbonyl (C=O) groups excluding carboxylic acids is 2. The first-order chi connectivity index (χ1) is 17.4. The first-order valence-electron chi connectivity index (χ1n) is 12.0. The molecule has 0 unspecified atom stereocenters. The highest BCUT2D eigenvalue weighted by molar-refractivity contribution is 8.76. The monoisotopic (exact) mass is 531 g/mol. The molecule has 2 aromatic rings. The summed E-state index contributed by atoms with van der Waals surface area (Å²) >= 11 is 0. The molecule has 2 amide bonds. The lowest BCUT2D eigenvalue weighted by molar-refractivity contribution is -0.136. The van der Waals surface area contributed by atoms with Gasteiger partial charge in [0.05, 0.1) is 6.42 Å². The van der Waals surface area contributed by atoms with Gasteiger partial charge in [0.1, 0.15) is 11.8 Å². The van der Waals surface area contributed by atoms with E-state index < -0.39 is 12.0 Å². The summed E-state index contributed by atoms with van der Waals surface area (Å²) in [6.45, 7) is 0.998. The molecular weight excluding hydrogens is 498 g/mol. The van der Waals surface area contributed by atoms with E-state index in [4.69, 9.17) is 5.11 Å². The predicted molar refractivity (Wildman–Crippen MR) is 144 cm³/mol. The van der Waals surface area contributed by atoms with Crippen molar-refractivity contribution in [3.63, 3.8) is 0 Å². The van der Waals surface area contributed by atoms with Gasteiger partial charge in [0.2, 0.25) is 11.8 Å². The van der Waals surface area contributed by atoms with Crippen LogP contribution in [0.5, 0.6) is 5.75 Å². The lowest BCUT2D eigenvalue weighted by Crippen LogP contribution is -2.49. The third kappa shape index (κ3) is 9.75. The molecule has 2 aromatic carbocycles. The smallest absolute Gasteiger partial charge is 0.307 e. The molecule has 3 rings (SSSR count). The Morgan fingerprint density at radius 2 is 1.78 bits per heavy atom. The summed E-state index contributed by atoms with van der Waals surface area (Å²) in [6.07, 6.45) is 2.78. The minimum absolute atomic E-state index is 0.0952. The van der Waals surface area contributed by atoms with Crippen molar-refractivity contribution >= 4 is 39.4 Å². The van der Waals surface area contributed by atoms with E-state index in [1.165, 1.54) is 0 Å². The zero-order valence-electron chi connectivity index (χ0n) is 20.1. The summed E-state index contributed by atoms with van der Waals surface area (Å²) in [7, 11) is 3.26. The van der Waals surface area contributed by atoms with Crippen LogP contribution in [0.2, 0.25) is 0 Å². The number of carboxylic acid groups (broad SMARTS) is 1. The normalized spacial score (nSPS) is 19.7. The number of carboxylic acids is 1. The third-order valence-electron chi connectivity index (χ3n) is 5.82. The van der Waals surface area contributed by atoms with Crippen LogP contribution < -0.4 is 16.0 Å². The van der Waals surface area contributed by atoms with Gasteiger partial charge in [-0.15, -0.1) is 0 Å². The van der Waals surface area contributed by atoms with E-state index in [1.54, 1.807) is 58.0 Å². The zero-order chi connectivity index (χ0) is 25.8. The van der Waals surface area contributed by atoms with Crippen LogP contribution in [-0.4, -0.2) is 58.1 Å². The van der Waals surface area contributed by atoms with E-state index in [1.807, 2.05) is 12.1 Å². The summed E-state index contributed by atoms with van der Waals surface area (Å²) in [5, 5.41) is 27.9. The zero-order valence-corrected chi connectivity index (χ0v) is 21.7. The Kier molecular flexibility index (Phi) is 11.4. The van der Waals surface area contributed by atoms with Gasteiger partial charge in [-0.1, -0.05) is 58.0 Å². The van der Waals surface area contributed by atoms with Crippen LogP contribution in [0.25, 0.3) is 0 Å². The van der Waals surface area contributed by atoms with Gasteiger partial charge in [0.25, 0.3) is 0 Å². The minimum Gasteiger partial charge on any atom is -0.508 e. The molecule has 194 valence electrons. The van der Waals surface area contributed by atoms with Gasteiger partial charge in [-0.05, 0) is 54.6 Å². The minimum atomic E-state index is -0.930. The summed E-state index contributed by atoms with van der Waals surface area (Å²) in [4.78, 5) is 37.1. The lowest BCUT2D eigenvalue weighted by atomic mass is 10.0. The fraction of sp³-hybridized carbons (Fsp3) is 0.423. The number of benzene rings is 2. The van der Waals surface area contributed by atoms with Crippen molar-refractivity contribution in [2.75, 3.05) is 18.1 Å². The number of hydrogen-bond donors (Lipinski definition) is 5. The van der Waals surface area contributed by atoms with Gasteiger partial charge in [0.15, 0.2) is 0 Å². The molecule has 1 saturated heterocycles. The predicted octanol–water partition coefficient (Wildman–Crippen LogP) is 2.89. The summed E-state index contributed by atoms with van der Waals surface area (Å²) in [5.41, 5.74) is 2.41. The van der Waals surface area contributed by atoms with Crippen molar-refractivity contribution in [3.05, 3.63) is 65.2 Å². The second-order valence-electron chi connectivity index (χ2n) is 8.72. The highest BCUT2D eigenvalue weighted by atomic mass is 33.1. The maximum atomic E-state index is 13.0. The topological polar surface area (TPSA) is 128 Å². The largest absolute Gasteiger partial charge is 0.508 e. The average Bonchev–Trinajstić information content (AvgIpc) is 2.86. The van der Waals surface area contributed by atoms with E-state index in [-0.39, 0.29) is 43.0 Å². The molecule has 0 aliphatic carbocycles. The lowest BCUT2D eigenvalue weighted by Gasteiger charge is -2.22. The molecule has 1 aliphatic rings. The molecule has 1 aliphatic heterocycles. The van der Waals surface area contributed by atoms with Crippen molar-refractivity contribution in [1.82, 2.24) is 16.0 Å². The Bertz CT molecular complexity index is 1020. The molecular formula is C26H33N3O5S2. The number of phenols is 1. The first kappa shape index (κ1) is 27.9. The molecule has 0 radical (unpaired) electrons. The molecule has 0 aromatic heterocycles. The van der Waals surface area contributed by atoms with Crippen molar-refractivity contribution in [3.8, 4) is 5.75 Å². The first-order valence-corrected chi connectivity index (χ1v) is 14.5. The number of carbonyl (C=O) groups is 3. The van der Waals surface area contributed by atoms with E-state index in [2.05, 4.69) is 16.0 Å². The Morgan fingerprint density at radius 3 is 2.53 bits per heavy atom. The van der Waals surface area contributed by atoms with Gasteiger partial charge in [-0.3, -0.25) is 14.4 Å². The molecule has 2 atom stereocenters. The Balaban J connectivity index is 1.64. The van der Waals surface area contributed by atoms with Crippen LogP contribution >= 0.6 is 21.6 Å². The van der Waals surface area contributed by atoms with E-state index in [0.29, 0.717) is 17.7 Å². The van der Waals surface area contributed by atoms with Crippen LogP contribution in [0.1, 0.15) is 36.0 Å². The van der Waals surface area contributed by atoms with Gasteiger partial charge in [0, 0.05) is 30.5 Å². The number of amides is 2.